The van der Waals surface area contributed by atoms with Crippen molar-refractivity contribution in [3.63, 3.8) is 0 Å². The van der Waals surface area contributed by atoms with Crippen molar-refractivity contribution in [2.45, 2.75) is 25.7 Å². The van der Waals surface area contributed by atoms with Gasteiger partial charge in [0.15, 0.2) is 0 Å². The Morgan fingerprint density at radius 3 is 2.46 bits per heavy atom. The highest BCUT2D eigenvalue weighted by atomic mass is 32.1. The topological polar surface area (TPSA) is 23.5 Å². The van der Waals surface area contributed by atoms with Crippen LogP contribution in [0.5, 0.6) is 0 Å². The molecule has 2 nitrogen and oxygen atoms in total. The molecule has 1 heterocycles. The van der Waals surface area contributed by atoms with Crippen molar-refractivity contribution in [3.05, 3.63) is 0 Å². The van der Waals surface area contributed by atoms with E-state index in [0.29, 0.717) is 12.5 Å². The predicted octanol–water partition coefficient (Wildman–Crippen LogP) is 1.40. The van der Waals surface area contributed by atoms with Crippen LogP contribution in [0.1, 0.15) is 25.7 Å². The summed E-state index contributed by atoms with van der Waals surface area (Å²) in [7, 11) is 0. The third-order valence-electron chi connectivity index (χ3n) is 2.85. The minimum absolute atomic E-state index is 0.379. The first-order chi connectivity index (χ1) is 6.36. The number of thiol groups is 1. The minimum atomic E-state index is 0.379. The van der Waals surface area contributed by atoms with Crippen LogP contribution in [0.25, 0.3) is 0 Å². The zero-order valence-corrected chi connectivity index (χ0v) is 9.18. The predicted molar refractivity (Wildman–Crippen MR) is 59.3 cm³/mol. The van der Waals surface area contributed by atoms with Crippen molar-refractivity contribution in [3.8, 4) is 0 Å². The first kappa shape index (κ1) is 11.3. The average Bonchev–Trinajstić information content (AvgIpc) is 2.19. The molecule has 0 aliphatic carbocycles. The van der Waals surface area contributed by atoms with Crippen LogP contribution in [0, 0.1) is 5.92 Å². The van der Waals surface area contributed by atoms with Crippen LogP contribution in [-0.4, -0.2) is 42.0 Å². The number of unbranched alkanes of at least 4 members (excludes halogenated alkanes) is 1. The molecule has 0 radical (unpaired) electrons. The molecule has 0 aromatic heterocycles. The first-order valence-corrected chi connectivity index (χ1v) is 5.94. The van der Waals surface area contributed by atoms with Crippen molar-refractivity contribution in [1.82, 2.24) is 4.90 Å². The molecular formula is C10H21NOS. The Morgan fingerprint density at radius 1 is 1.23 bits per heavy atom. The van der Waals surface area contributed by atoms with Gasteiger partial charge in [0.25, 0.3) is 0 Å². The second-order valence-corrected chi connectivity index (χ2v) is 4.35. The fourth-order valence-electron chi connectivity index (χ4n) is 1.84. The third kappa shape index (κ3) is 4.34. The molecular weight excluding hydrogens is 182 g/mol. The van der Waals surface area contributed by atoms with Crippen molar-refractivity contribution >= 4 is 12.6 Å². The molecule has 1 N–H and O–H groups in total. The average molecular weight is 203 g/mol. The van der Waals surface area contributed by atoms with Gasteiger partial charge in [-0.15, -0.1) is 0 Å². The van der Waals surface area contributed by atoms with Crippen LogP contribution in [-0.2, 0) is 0 Å². The standard InChI is InChI=1S/C10H21NOS/c12-9-10-3-6-11(7-4-10)5-1-2-8-13/h10,12-13H,1-9H2. The van der Waals surface area contributed by atoms with Crippen LogP contribution in [0.3, 0.4) is 0 Å². The molecule has 0 atom stereocenters. The molecule has 0 aromatic rings. The summed E-state index contributed by atoms with van der Waals surface area (Å²) in [6.07, 6.45) is 4.85. The maximum absolute atomic E-state index is 8.96. The van der Waals surface area contributed by atoms with Crippen LogP contribution in [0.2, 0.25) is 0 Å². The maximum Gasteiger partial charge on any atom is 0.0460 e. The number of hydrogen-bond donors (Lipinski definition) is 2. The number of nitrogens with zero attached hydrogens (tertiary/aromatic N) is 1. The summed E-state index contributed by atoms with van der Waals surface area (Å²) in [6, 6.07) is 0. The number of aliphatic hydroxyl groups excluding tert-OH is 1. The molecule has 0 amide bonds. The summed E-state index contributed by atoms with van der Waals surface area (Å²) in [4.78, 5) is 2.51. The summed E-state index contributed by atoms with van der Waals surface area (Å²) in [5.74, 6) is 1.58. The van der Waals surface area contributed by atoms with Crippen LogP contribution >= 0.6 is 12.6 Å². The van der Waals surface area contributed by atoms with Gasteiger partial charge in [0, 0.05) is 6.61 Å². The Morgan fingerprint density at radius 2 is 1.92 bits per heavy atom. The van der Waals surface area contributed by atoms with Gasteiger partial charge in [-0.1, -0.05) is 0 Å². The van der Waals surface area contributed by atoms with Gasteiger partial charge in [-0.3, -0.25) is 0 Å². The van der Waals surface area contributed by atoms with E-state index < -0.39 is 0 Å². The van der Waals surface area contributed by atoms with Crippen LogP contribution in [0.4, 0.5) is 0 Å². The lowest BCUT2D eigenvalue weighted by molar-refractivity contribution is 0.131. The first-order valence-electron chi connectivity index (χ1n) is 5.31. The fourth-order valence-corrected chi connectivity index (χ4v) is 2.06. The molecule has 0 aromatic carbocycles. The smallest absolute Gasteiger partial charge is 0.0460 e. The highest BCUT2D eigenvalue weighted by molar-refractivity contribution is 7.80. The maximum atomic E-state index is 8.96. The lowest BCUT2D eigenvalue weighted by atomic mass is 9.98. The van der Waals surface area contributed by atoms with E-state index in [1.54, 1.807) is 0 Å². The van der Waals surface area contributed by atoms with E-state index in [2.05, 4.69) is 17.5 Å². The van der Waals surface area contributed by atoms with Gasteiger partial charge in [0.05, 0.1) is 0 Å². The van der Waals surface area contributed by atoms with Gasteiger partial charge < -0.3 is 10.0 Å². The molecule has 0 saturated carbocycles. The highest BCUT2D eigenvalue weighted by Gasteiger charge is 2.17. The van der Waals surface area contributed by atoms with E-state index in [1.165, 1.54) is 45.3 Å². The molecule has 1 saturated heterocycles. The highest BCUT2D eigenvalue weighted by Crippen LogP contribution is 2.16. The third-order valence-corrected chi connectivity index (χ3v) is 3.16. The number of rotatable bonds is 5. The van der Waals surface area contributed by atoms with E-state index in [-0.39, 0.29) is 0 Å². The molecule has 3 heteroatoms. The second kappa shape index (κ2) is 6.68. The fraction of sp³-hybridized carbons (Fsp3) is 1.00. The van der Waals surface area contributed by atoms with Gasteiger partial charge in [0.2, 0.25) is 0 Å². The van der Waals surface area contributed by atoms with E-state index in [9.17, 15) is 0 Å². The van der Waals surface area contributed by atoms with Crippen molar-refractivity contribution < 1.29 is 5.11 Å². The summed E-state index contributed by atoms with van der Waals surface area (Å²) < 4.78 is 0. The summed E-state index contributed by atoms with van der Waals surface area (Å²) in [5.41, 5.74) is 0. The number of hydrogen-bond acceptors (Lipinski definition) is 3. The molecule has 0 bridgehead atoms. The zero-order valence-electron chi connectivity index (χ0n) is 8.28. The van der Waals surface area contributed by atoms with Crippen LogP contribution < -0.4 is 0 Å². The Kier molecular flexibility index (Phi) is 5.83. The number of likely N-dealkylation sites (tertiary alicyclic amines) is 1. The second-order valence-electron chi connectivity index (χ2n) is 3.90. The lowest BCUT2D eigenvalue weighted by Crippen LogP contribution is -2.35. The molecule has 1 aliphatic rings. The van der Waals surface area contributed by atoms with E-state index in [4.69, 9.17) is 5.11 Å². The van der Waals surface area contributed by atoms with Gasteiger partial charge in [-0.25, -0.2) is 0 Å². The summed E-state index contributed by atoms with van der Waals surface area (Å²) >= 11 is 4.20. The molecule has 78 valence electrons. The summed E-state index contributed by atoms with van der Waals surface area (Å²) in [5, 5.41) is 8.96. The van der Waals surface area contributed by atoms with Crippen molar-refractivity contribution in [2.75, 3.05) is 32.0 Å². The largest absolute Gasteiger partial charge is 0.396 e. The van der Waals surface area contributed by atoms with Gasteiger partial charge in [-0.05, 0) is 57.0 Å². The molecule has 0 spiro atoms. The van der Waals surface area contributed by atoms with Gasteiger partial charge in [0.1, 0.15) is 0 Å². The lowest BCUT2D eigenvalue weighted by Gasteiger charge is -2.30. The quantitative estimate of drug-likeness (QED) is 0.521. The zero-order chi connectivity index (χ0) is 9.52. The molecule has 13 heavy (non-hydrogen) atoms. The SMILES string of the molecule is OCC1CCN(CCCCS)CC1. The van der Waals surface area contributed by atoms with Crippen molar-refractivity contribution in [1.29, 1.82) is 0 Å². The number of aliphatic hydroxyl groups is 1. The van der Waals surface area contributed by atoms with Crippen molar-refractivity contribution in [2.24, 2.45) is 5.92 Å². The Hall–Kier alpha value is 0.270. The molecule has 1 rings (SSSR count). The monoisotopic (exact) mass is 203 g/mol. The Balaban J connectivity index is 2.03. The van der Waals surface area contributed by atoms with E-state index >= 15 is 0 Å². The molecule has 1 aliphatic heterocycles. The van der Waals surface area contributed by atoms with Gasteiger partial charge in [-0.2, -0.15) is 12.6 Å². The van der Waals surface area contributed by atoms with Crippen LogP contribution in [0.15, 0.2) is 0 Å². The summed E-state index contributed by atoms with van der Waals surface area (Å²) in [6.45, 7) is 3.96. The normalized spacial score (nSPS) is 20.8. The van der Waals surface area contributed by atoms with E-state index in [0.717, 1.165) is 5.75 Å². The Bertz CT molecular complexity index is 121. The molecule has 1 fully saturated rings. The number of piperidine rings is 1. The van der Waals surface area contributed by atoms with E-state index in [1.807, 2.05) is 0 Å². The minimum Gasteiger partial charge on any atom is -0.396 e. The Labute approximate surface area is 86.7 Å². The molecule has 0 unspecified atom stereocenters. The van der Waals surface area contributed by atoms with Gasteiger partial charge >= 0.3 is 0 Å².